The second kappa shape index (κ2) is 5.22. The van der Waals surface area contributed by atoms with Crippen LogP contribution in [-0.4, -0.2) is 41.7 Å². The van der Waals surface area contributed by atoms with Gasteiger partial charge >= 0.3 is 0 Å². The smallest absolute Gasteiger partial charge is 0.0629 e. The lowest BCUT2D eigenvalue weighted by Gasteiger charge is -2.44. The summed E-state index contributed by atoms with van der Waals surface area (Å²) in [6.07, 6.45) is 6.22. The molecule has 1 aromatic heterocycles. The third kappa shape index (κ3) is 3.15. The topological polar surface area (TPSA) is 25.4 Å². The van der Waals surface area contributed by atoms with E-state index in [1.54, 1.807) is 0 Å². The molecule has 1 aromatic rings. The van der Waals surface area contributed by atoms with E-state index in [1.165, 1.54) is 38.0 Å². The van der Waals surface area contributed by atoms with E-state index < -0.39 is 0 Å². The van der Waals surface area contributed by atoms with Crippen molar-refractivity contribution in [3.8, 4) is 0 Å². The quantitative estimate of drug-likeness (QED) is 0.835. The number of aromatic nitrogens is 1. The molecular weight excluding hydrogens is 236 g/mol. The summed E-state index contributed by atoms with van der Waals surface area (Å²) in [4.78, 5) is 6.68. The third-order valence-corrected chi connectivity index (χ3v) is 4.45. The number of hydrogen-bond donors (Lipinski definition) is 0. The molecule has 3 heterocycles. The van der Waals surface area contributed by atoms with Crippen molar-refractivity contribution in [2.24, 2.45) is 5.92 Å². The van der Waals surface area contributed by atoms with Crippen molar-refractivity contribution in [1.29, 1.82) is 0 Å². The van der Waals surface area contributed by atoms with Gasteiger partial charge < -0.3 is 9.64 Å². The van der Waals surface area contributed by atoms with Gasteiger partial charge in [0.05, 0.1) is 5.60 Å². The highest BCUT2D eigenvalue weighted by atomic mass is 16.5. The predicted octanol–water partition coefficient (Wildman–Crippen LogP) is 2.69. The molecule has 0 radical (unpaired) electrons. The van der Waals surface area contributed by atoms with Crippen LogP contribution in [0.5, 0.6) is 0 Å². The first-order valence-corrected chi connectivity index (χ1v) is 7.39. The summed E-state index contributed by atoms with van der Waals surface area (Å²) in [5.74, 6) is 1.53. The lowest BCUT2D eigenvalue weighted by molar-refractivity contribution is -0.0799. The Morgan fingerprint density at radius 2 is 2.05 bits per heavy atom. The Labute approximate surface area is 116 Å². The molecule has 3 nitrogen and oxygen atoms in total. The van der Waals surface area contributed by atoms with Gasteiger partial charge in [-0.2, -0.15) is 0 Å². The molecule has 0 N–H and O–H groups in total. The average Bonchev–Trinajstić information content (AvgIpc) is 2.33. The van der Waals surface area contributed by atoms with Gasteiger partial charge in [-0.1, -0.05) is 0 Å². The minimum Gasteiger partial charge on any atom is -0.376 e. The van der Waals surface area contributed by atoms with Gasteiger partial charge in [0, 0.05) is 44.6 Å². The molecule has 2 aliphatic heterocycles. The van der Waals surface area contributed by atoms with Crippen molar-refractivity contribution in [2.75, 3.05) is 26.2 Å². The first-order chi connectivity index (χ1) is 9.12. The Balaban J connectivity index is 1.47. The summed E-state index contributed by atoms with van der Waals surface area (Å²) >= 11 is 0. The fourth-order valence-corrected chi connectivity index (χ4v) is 3.44. The van der Waals surface area contributed by atoms with E-state index >= 15 is 0 Å². The van der Waals surface area contributed by atoms with E-state index in [4.69, 9.17) is 4.74 Å². The van der Waals surface area contributed by atoms with Gasteiger partial charge in [-0.15, -0.1) is 0 Å². The number of ether oxygens (including phenoxy) is 1. The minimum atomic E-state index is 0.0816. The zero-order valence-electron chi connectivity index (χ0n) is 12.0. The highest BCUT2D eigenvalue weighted by Gasteiger charge is 2.33. The summed E-state index contributed by atoms with van der Waals surface area (Å²) < 4.78 is 5.79. The zero-order chi connectivity index (χ0) is 13.3. The highest BCUT2D eigenvalue weighted by molar-refractivity contribution is 5.19. The first-order valence-electron chi connectivity index (χ1n) is 7.39. The second-order valence-corrected chi connectivity index (χ2v) is 6.66. The Hall–Kier alpha value is -0.930. The first kappa shape index (κ1) is 13.1. The molecule has 104 valence electrons. The molecule has 1 atom stereocenters. The van der Waals surface area contributed by atoms with Crippen LogP contribution in [0.25, 0.3) is 0 Å². The van der Waals surface area contributed by atoms with E-state index in [-0.39, 0.29) is 5.60 Å². The molecule has 0 bridgehead atoms. The Kier molecular flexibility index (Phi) is 3.59. The Morgan fingerprint density at radius 1 is 1.32 bits per heavy atom. The summed E-state index contributed by atoms with van der Waals surface area (Å²) in [5.41, 5.74) is 1.52. The van der Waals surface area contributed by atoms with Crippen LogP contribution in [0.3, 0.4) is 0 Å². The van der Waals surface area contributed by atoms with Crippen LogP contribution in [0.1, 0.15) is 38.2 Å². The zero-order valence-corrected chi connectivity index (χ0v) is 12.0. The molecule has 0 aliphatic carbocycles. The Morgan fingerprint density at radius 3 is 2.74 bits per heavy atom. The number of likely N-dealkylation sites (tertiary alicyclic amines) is 1. The van der Waals surface area contributed by atoms with E-state index in [9.17, 15) is 0 Å². The maximum absolute atomic E-state index is 5.79. The molecule has 0 saturated carbocycles. The van der Waals surface area contributed by atoms with Crippen molar-refractivity contribution >= 4 is 0 Å². The van der Waals surface area contributed by atoms with Crippen molar-refractivity contribution in [1.82, 2.24) is 9.88 Å². The van der Waals surface area contributed by atoms with Crippen LogP contribution >= 0.6 is 0 Å². The van der Waals surface area contributed by atoms with Crippen molar-refractivity contribution < 1.29 is 4.74 Å². The molecule has 0 aromatic carbocycles. The molecule has 3 heteroatoms. The number of nitrogens with zero attached hydrogens (tertiary/aromatic N) is 2. The van der Waals surface area contributed by atoms with Gasteiger partial charge in [0.15, 0.2) is 0 Å². The van der Waals surface area contributed by atoms with E-state index in [0.717, 1.165) is 18.4 Å². The third-order valence-electron chi connectivity index (χ3n) is 4.45. The monoisotopic (exact) mass is 260 g/mol. The summed E-state index contributed by atoms with van der Waals surface area (Å²) in [6.45, 7) is 9.03. The van der Waals surface area contributed by atoms with Crippen molar-refractivity contribution in [2.45, 2.75) is 38.2 Å². The van der Waals surface area contributed by atoms with Crippen LogP contribution in [0.4, 0.5) is 0 Å². The fraction of sp³-hybridized carbons (Fsp3) is 0.688. The predicted molar refractivity (Wildman–Crippen MR) is 76.2 cm³/mol. The summed E-state index contributed by atoms with van der Waals surface area (Å²) in [6, 6.07) is 4.30. The normalized spacial score (nSPS) is 28.0. The molecular formula is C16H24N2O. The van der Waals surface area contributed by atoms with Gasteiger partial charge in [-0.25, -0.2) is 0 Å². The Bertz CT molecular complexity index is 412. The maximum Gasteiger partial charge on any atom is 0.0629 e. The largest absolute Gasteiger partial charge is 0.376 e. The van der Waals surface area contributed by atoms with Gasteiger partial charge in [-0.05, 0) is 50.3 Å². The van der Waals surface area contributed by atoms with Crippen LogP contribution in [-0.2, 0) is 4.74 Å². The molecule has 2 fully saturated rings. The van der Waals surface area contributed by atoms with Crippen molar-refractivity contribution in [3.63, 3.8) is 0 Å². The molecule has 3 rings (SSSR count). The molecule has 2 saturated heterocycles. The SMILES string of the molecule is CC1(C)CC(CN2CC(c3ccncc3)C2)CCO1. The van der Waals surface area contributed by atoms with Crippen LogP contribution in [0, 0.1) is 5.92 Å². The molecule has 2 aliphatic rings. The maximum atomic E-state index is 5.79. The van der Waals surface area contributed by atoms with E-state index in [2.05, 4.69) is 35.9 Å². The molecule has 0 amide bonds. The molecule has 0 spiro atoms. The second-order valence-electron chi connectivity index (χ2n) is 6.66. The van der Waals surface area contributed by atoms with Crippen LogP contribution in [0.2, 0.25) is 0 Å². The summed E-state index contributed by atoms with van der Waals surface area (Å²) in [5, 5.41) is 0. The standard InChI is InChI=1S/C16H24N2O/c1-16(2)9-13(5-8-19-16)10-18-11-15(12-18)14-3-6-17-7-4-14/h3-4,6-7,13,15H,5,8-12H2,1-2H3. The number of hydrogen-bond acceptors (Lipinski definition) is 3. The van der Waals surface area contributed by atoms with E-state index in [1.807, 2.05) is 12.4 Å². The lowest BCUT2D eigenvalue weighted by atomic mass is 9.85. The molecule has 1 unspecified atom stereocenters. The van der Waals surface area contributed by atoms with Gasteiger partial charge in [-0.3, -0.25) is 4.98 Å². The van der Waals surface area contributed by atoms with Gasteiger partial charge in [0.1, 0.15) is 0 Å². The van der Waals surface area contributed by atoms with Crippen molar-refractivity contribution in [3.05, 3.63) is 30.1 Å². The minimum absolute atomic E-state index is 0.0816. The fourth-order valence-electron chi connectivity index (χ4n) is 3.44. The lowest BCUT2D eigenvalue weighted by Crippen LogP contribution is -2.49. The van der Waals surface area contributed by atoms with Gasteiger partial charge in [0.2, 0.25) is 0 Å². The van der Waals surface area contributed by atoms with Crippen LogP contribution in [0.15, 0.2) is 24.5 Å². The summed E-state index contributed by atoms with van der Waals surface area (Å²) in [7, 11) is 0. The average molecular weight is 260 g/mol. The van der Waals surface area contributed by atoms with E-state index in [0.29, 0.717) is 0 Å². The number of rotatable bonds is 3. The van der Waals surface area contributed by atoms with Gasteiger partial charge in [0.25, 0.3) is 0 Å². The van der Waals surface area contributed by atoms with Crippen LogP contribution < -0.4 is 0 Å². The highest BCUT2D eigenvalue weighted by Crippen LogP contribution is 2.32. The number of pyridine rings is 1. The molecule has 19 heavy (non-hydrogen) atoms.